The molecule has 0 spiro atoms. The summed E-state index contributed by atoms with van der Waals surface area (Å²) in [6.45, 7) is 0. The predicted octanol–water partition coefficient (Wildman–Crippen LogP) is 5.94. The van der Waals surface area contributed by atoms with Crippen molar-refractivity contribution < 1.29 is 19.5 Å². The monoisotopic (exact) mass is 473 g/mol. The maximum absolute atomic E-state index is 4.77. The summed E-state index contributed by atoms with van der Waals surface area (Å²) in [7, 11) is 0. The summed E-state index contributed by atoms with van der Waals surface area (Å²) in [6, 6.07) is 25.0. The van der Waals surface area contributed by atoms with Crippen molar-refractivity contribution in [1.29, 1.82) is 0 Å². The molecule has 6 rings (SSSR count). The first-order chi connectivity index (χ1) is 14.8. The summed E-state index contributed by atoms with van der Waals surface area (Å²) < 4.78 is 0. The normalized spacial score (nSPS) is 11.6. The van der Waals surface area contributed by atoms with Gasteiger partial charge >= 0.3 is 0 Å². The van der Waals surface area contributed by atoms with E-state index in [-0.39, 0.29) is 49.0 Å². The largest absolute Gasteiger partial charge is 0.355 e. The van der Waals surface area contributed by atoms with Crippen molar-refractivity contribution >= 4 is 75.9 Å². The number of benzene rings is 1. The first-order valence-electron chi connectivity index (χ1n) is 9.92. The van der Waals surface area contributed by atoms with E-state index in [4.69, 9.17) is 9.97 Å². The molecule has 8 bridgehead atoms. The van der Waals surface area contributed by atoms with Crippen LogP contribution in [0.3, 0.4) is 0 Å². The Bertz CT molecular complexity index is 1500. The Morgan fingerprint density at radius 3 is 1.66 bits per heavy atom. The first-order valence-corrected chi connectivity index (χ1v) is 9.92. The number of H-pyrrole nitrogens is 2. The third-order valence-corrected chi connectivity index (χ3v) is 5.25. The molecule has 0 atom stereocenters. The zero-order valence-electron chi connectivity index (χ0n) is 17.8. The molecule has 145 valence electrons. The molecule has 1 radical (unpaired) electrons. The van der Waals surface area contributed by atoms with Crippen molar-refractivity contribution in [3.05, 3.63) is 95.6 Å². The molecule has 2 aliphatic heterocycles. The van der Waals surface area contributed by atoms with Gasteiger partial charge in [-0.3, -0.25) is 0 Å². The van der Waals surface area contributed by atoms with E-state index in [1.807, 2.05) is 36.4 Å². The minimum absolute atomic E-state index is 0. The van der Waals surface area contributed by atoms with E-state index < -0.39 is 0 Å². The van der Waals surface area contributed by atoms with Crippen LogP contribution in [-0.4, -0.2) is 49.5 Å². The Labute approximate surface area is 220 Å². The van der Waals surface area contributed by atoms with Gasteiger partial charge in [0.2, 0.25) is 0 Å². The van der Waals surface area contributed by atoms with Gasteiger partial charge in [-0.05, 0) is 72.3 Å². The minimum Gasteiger partial charge on any atom is -0.355 e. The van der Waals surface area contributed by atoms with Crippen LogP contribution in [0.25, 0.3) is 57.5 Å². The van der Waals surface area contributed by atoms with Crippen LogP contribution in [0.15, 0.2) is 72.8 Å². The number of hydrogen-bond acceptors (Lipinski definition) is 2. The Balaban J connectivity index is 0.00000122. The fourth-order valence-electron chi connectivity index (χ4n) is 3.87. The molecule has 1 aromatic carbocycles. The third-order valence-electron chi connectivity index (χ3n) is 5.25. The molecule has 4 nitrogen and oxygen atoms in total. The molecule has 0 unspecified atom stereocenters. The summed E-state index contributed by atoms with van der Waals surface area (Å²) in [6.07, 6.45) is 8.16. The van der Waals surface area contributed by atoms with E-state index in [1.54, 1.807) is 0 Å². The number of rotatable bonds is 1. The van der Waals surface area contributed by atoms with Gasteiger partial charge in [-0.15, -0.1) is 0 Å². The van der Waals surface area contributed by atoms with Crippen LogP contribution in [0.1, 0.15) is 22.8 Å². The Morgan fingerprint density at radius 1 is 0.531 bits per heavy atom. The van der Waals surface area contributed by atoms with Crippen LogP contribution in [0, 0.1) is 0 Å². The summed E-state index contributed by atoms with van der Waals surface area (Å²) in [5.74, 6) is 0. The molecule has 0 saturated carbocycles. The number of aromatic amines is 2. The second-order valence-corrected chi connectivity index (χ2v) is 7.45. The number of aromatic nitrogens is 4. The van der Waals surface area contributed by atoms with Crippen molar-refractivity contribution in [2.75, 3.05) is 0 Å². The van der Waals surface area contributed by atoms with Gasteiger partial charge in [0.15, 0.2) is 0 Å². The van der Waals surface area contributed by atoms with Crippen LogP contribution in [-0.2, 0) is 19.5 Å². The summed E-state index contributed by atoms with van der Waals surface area (Å²) in [4.78, 5) is 16.5. The fraction of sp³-hybridized carbons (Fsp3) is 0. The molecule has 2 aliphatic rings. The van der Waals surface area contributed by atoms with Crippen molar-refractivity contribution in [3.63, 3.8) is 0 Å². The fourth-order valence-corrected chi connectivity index (χ4v) is 3.87. The van der Waals surface area contributed by atoms with Crippen LogP contribution >= 0.6 is 0 Å². The molecule has 4 aromatic rings. The average molecular weight is 475 g/mol. The number of nitrogens with zero attached hydrogens (tertiary/aromatic N) is 2. The number of nitrogens with one attached hydrogen (secondary N) is 2. The van der Waals surface area contributed by atoms with Gasteiger partial charge in [0.05, 0.1) is 22.8 Å². The van der Waals surface area contributed by atoms with Gasteiger partial charge in [-0.25, -0.2) is 9.97 Å². The zero-order valence-corrected chi connectivity index (χ0v) is 22.8. The van der Waals surface area contributed by atoms with Crippen LogP contribution in [0.5, 0.6) is 0 Å². The quantitative estimate of drug-likeness (QED) is 0.290. The predicted molar refractivity (Wildman–Crippen MR) is 130 cm³/mol. The Morgan fingerprint density at radius 2 is 1.06 bits per heavy atom. The van der Waals surface area contributed by atoms with Crippen LogP contribution in [0.2, 0.25) is 0 Å². The zero-order chi connectivity index (χ0) is 19.9. The molecular weight excluding hydrogens is 457 g/mol. The van der Waals surface area contributed by atoms with Crippen LogP contribution < -0.4 is 0 Å². The van der Waals surface area contributed by atoms with Gasteiger partial charge in [-0.2, -0.15) is 0 Å². The molecule has 0 aliphatic carbocycles. The molecular formula is C26H18N4NaZn. The average Bonchev–Trinajstić information content (AvgIpc) is 3.53. The van der Waals surface area contributed by atoms with Crippen molar-refractivity contribution in [1.82, 2.24) is 19.9 Å². The first kappa shape index (κ1) is 22.6. The van der Waals surface area contributed by atoms with E-state index in [9.17, 15) is 0 Å². The Kier molecular flexibility index (Phi) is 6.73. The SMILES string of the molecule is C1=Cc2cc3cc(-c4ccccc4)c(cc4nc(cc5ccc(cc1n2)[nH]5)C=C4)[nH]3.[Na].[Zn]. The van der Waals surface area contributed by atoms with E-state index in [2.05, 4.69) is 70.6 Å². The van der Waals surface area contributed by atoms with Crippen molar-refractivity contribution in [2.45, 2.75) is 0 Å². The van der Waals surface area contributed by atoms with Crippen molar-refractivity contribution in [3.8, 4) is 11.1 Å². The second-order valence-electron chi connectivity index (χ2n) is 7.45. The molecule has 0 saturated heterocycles. The molecule has 5 heterocycles. The van der Waals surface area contributed by atoms with Gasteiger partial charge in [0, 0.05) is 76.7 Å². The van der Waals surface area contributed by atoms with E-state index in [0.717, 1.165) is 50.4 Å². The van der Waals surface area contributed by atoms with Crippen LogP contribution in [0.4, 0.5) is 0 Å². The second kappa shape index (κ2) is 9.52. The van der Waals surface area contributed by atoms with Gasteiger partial charge < -0.3 is 9.97 Å². The van der Waals surface area contributed by atoms with Gasteiger partial charge in [-0.1, -0.05) is 30.3 Å². The van der Waals surface area contributed by atoms with E-state index in [0.29, 0.717) is 0 Å². The molecule has 3 aromatic heterocycles. The van der Waals surface area contributed by atoms with Gasteiger partial charge in [0.25, 0.3) is 0 Å². The Hall–Kier alpha value is -2.56. The summed E-state index contributed by atoms with van der Waals surface area (Å²) in [5.41, 5.74) is 10.1. The molecule has 0 amide bonds. The summed E-state index contributed by atoms with van der Waals surface area (Å²) in [5, 5.41) is 0. The summed E-state index contributed by atoms with van der Waals surface area (Å²) >= 11 is 0. The maximum atomic E-state index is 4.77. The standard InChI is InChI=1S/C26H18N4.Na.Zn/c1-2-4-17(5-3-1)25-15-24-14-22-9-8-20(28-22)12-18-6-7-19(27-18)13-21-10-11-23(29-21)16-26(25)30-24;;/h1-16,27,30H;;. The minimum atomic E-state index is 0. The molecule has 6 heteroatoms. The molecule has 2 N–H and O–H groups in total. The number of fused-ring (bicyclic) bond motifs is 8. The van der Waals surface area contributed by atoms with E-state index >= 15 is 0 Å². The van der Waals surface area contributed by atoms with E-state index in [1.165, 1.54) is 5.56 Å². The third kappa shape index (κ3) is 4.62. The molecule has 0 fully saturated rings. The van der Waals surface area contributed by atoms with Gasteiger partial charge in [0.1, 0.15) is 0 Å². The smallest absolute Gasteiger partial charge is 0.0658 e. The van der Waals surface area contributed by atoms with Crippen molar-refractivity contribution in [2.24, 2.45) is 0 Å². The number of hydrogen-bond donors (Lipinski definition) is 2. The topological polar surface area (TPSA) is 57.4 Å². The molecule has 32 heavy (non-hydrogen) atoms. The maximum Gasteiger partial charge on any atom is 0.0658 e.